The largest absolute Gasteiger partial charge is 0.497 e. The predicted octanol–water partition coefficient (Wildman–Crippen LogP) is 5.29. The number of aromatic nitrogens is 4. The quantitative estimate of drug-likeness (QED) is 0.210. The van der Waals surface area contributed by atoms with Gasteiger partial charge in [0.05, 0.1) is 36.1 Å². The van der Waals surface area contributed by atoms with Gasteiger partial charge in [0.1, 0.15) is 11.5 Å². The third-order valence-electron chi connectivity index (χ3n) is 7.53. The second-order valence-electron chi connectivity index (χ2n) is 10.2. The number of carbonyl (C=O) groups is 1. The fraction of sp³-hybridized carbons (Fsp3) is 0.258. The number of para-hydroxylation sites is 1. The lowest BCUT2D eigenvalue weighted by Crippen LogP contribution is -2.33. The van der Waals surface area contributed by atoms with Gasteiger partial charge in [0.15, 0.2) is 11.0 Å². The van der Waals surface area contributed by atoms with Crippen LogP contribution in [-0.4, -0.2) is 59.1 Å². The Bertz CT molecular complexity index is 1880. The minimum Gasteiger partial charge on any atom is -0.497 e. The monoisotopic (exact) mass is 617 g/mol. The normalized spacial score (nSPS) is 13.8. The van der Waals surface area contributed by atoms with Crippen LogP contribution in [0.2, 0.25) is 0 Å². The molecule has 3 aromatic carbocycles. The molecule has 0 saturated heterocycles. The Hall–Kier alpha value is -4.29. The Morgan fingerprint density at radius 2 is 1.72 bits per heavy atom. The second-order valence-corrected chi connectivity index (χ2v) is 12.9. The van der Waals surface area contributed by atoms with Crippen molar-refractivity contribution in [3.63, 3.8) is 0 Å². The van der Waals surface area contributed by atoms with Crippen LogP contribution in [0.1, 0.15) is 25.7 Å². The summed E-state index contributed by atoms with van der Waals surface area (Å²) in [4.78, 5) is 13.0. The fourth-order valence-electron chi connectivity index (χ4n) is 5.43. The molecular weight excluding hydrogens is 587 g/mol. The zero-order chi connectivity index (χ0) is 30.0. The Labute approximate surface area is 254 Å². The Kier molecular flexibility index (Phi) is 8.13. The molecule has 1 amide bonds. The topological polar surface area (TPSA) is 117 Å². The van der Waals surface area contributed by atoms with Crippen LogP contribution >= 0.6 is 11.8 Å². The first-order chi connectivity index (χ1) is 20.9. The van der Waals surface area contributed by atoms with E-state index >= 15 is 0 Å². The number of thioether (sulfide) groups is 1. The Morgan fingerprint density at radius 1 is 0.977 bits per heavy atom. The molecule has 43 heavy (non-hydrogen) atoms. The lowest BCUT2D eigenvalue weighted by molar-refractivity contribution is -0.119. The van der Waals surface area contributed by atoms with Crippen LogP contribution in [0.25, 0.3) is 28.0 Å². The van der Waals surface area contributed by atoms with Crippen LogP contribution in [0.3, 0.4) is 0 Å². The van der Waals surface area contributed by atoms with Gasteiger partial charge in [0.25, 0.3) is 10.0 Å². The number of fused-ring (bicyclic) bond motifs is 1. The van der Waals surface area contributed by atoms with Gasteiger partial charge in [0, 0.05) is 29.3 Å². The van der Waals surface area contributed by atoms with Crippen LogP contribution in [-0.2, 0) is 14.8 Å². The van der Waals surface area contributed by atoms with E-state index in [-0.39, 0.29) is 22.6 Å². The maximum atomic E-state index is 13.8. The smallest absolute Gasteiger partial charge is 0.268 e. The van der Waals surface area contributed by atoms with E-state index in [4.69, 9.17) is 9.47 Å². The van der Waals surface area contributed by atoms with E-state index in [2.05, 4.69) is 15.5 Å². The molecule has 2 aromatic heterocycles. The van der Waals surface area contributed by atoms with Crippen LogP contribution < -0.4 is 14.8 Å². The highest BCUT2D eigenvalue weighted by Gasteiger charge is 2.27. The van der Waals surface area contributed by atoms with Gasteiger partial charge in [-0.1, -0.05) is 61.0 Å². The van der Waals surface area contributed by atoms with Crippen LogP contribution in [0, 0.1) is 0 Å². The van der Waals surface area contributed by atoms with E-state index in [0.717, 1.165) is 25.7 Å². The minimum absolute atomic E-state index is 0.0730. The predicted molar refractivity (Wildman–Crippen MR) is 166 cm³/mol. The maximum absolute atomic E-state index is 13.8. The Morgan fingerprint density at radius 3 is 2.47 bits per heavy atom. The summed E-state index contributed by atoms with van der Waals surface area (Å²) >= 11 is 1.25. The summed E-state index contributed by atoms with van der Waals surface area (Å²) in [7, 11) is -0.785. The van der Waals surface area contributed by atoms with Gasteiger partial charge >= 0.3 is 0 Å². The van der Waals surface area contributed by atoms with Crippen molar-refractivity contribution < 1.29 is 22.7 Å². The van der Waals surface area contributed by atoms with E-state index in [1.807, 2.05) is 12.1 Å². The van der Waals surface area contributed by atoms with Gasteiger partial charge in [-0.15, -0.1) is 10.2 Å². The Balaban J connectivity index is 1.49. The summed E-state index contributed by atoms with van der Waals surface area (Å²) in [6.45, 7) is 0. The number of hydrogen-bond donors (Lipinski definition) is 1. The van der Waals surface area contributed by atoms with Crippen molar-refractivity contribution in [1.29, 1.82) is 0 Å². The van der Waals surface area contributed by atoms with Crippen LogP contribution in [0.15, 0.2) is 89.0 Å². The van der Waals surface area contributed by atoms with Crippen molar-refractivity contribution in [1.82, 2.24) is 24.1 Å². The third-order valence-corrected chi connectivity index (χ3v) is 10.1. The molecule has 222 valence electrons. The number of ether oxygens (including phenoxy) is 2. The number of nitrogens with one attached hydrogen (secondary N) is 1. The highest BCUT2D eigenvalue weighted by molar-refractivity contribution is 7.99. The molecule has 1 fully saturated rings. The fourth-order valence-corrected chi connectivity index (χ4v) is 7.58. The number of methoxy groups -OCH3 is 2. The van der Waals surface area contributed by atoms with Gasteiger partial charge in [-0.2, -0.15) is 0 Å². The third kappa shape index (κ3) is 5.59. The molecular formula is C31H31N5O5S2. The van der Waals surface area contributed by atoms with Gasteiger partial charge in [-0.05, 0) is 43.2 Å². The summed E-state index contributed by atoms with van der Waals surface area (Å²) in [5.74, 6) is 1.57. The molecule has 5 aromatic rings. The van der Waals surface area contributed by atoms with Gasteiger partial charge in [-0.25, -0.2) is 12.4 Å². The van der Waals surface area contributed by atoms with Gasteiger partial charge in [-0.3, -0.25) is 9.36 Å². The van der Waals surface area contributed by atoms with Crippen molar-refractivity contribution in [2.75, 3.05) is 20.0 Å². The number of benzene rings is 3. The lowest BCUT2D eigenvalue weighted by Gasteiger charge is -2.15. The molecule has 0 unspecified atom stereocenters. The van der Waals surface area contributed by atoms with E-state index < -0.39 is 10.0 Å². The molecule has 1 aliphatic carbocycles. The maximum Gasteiger partial charge on any atom is 0.268 e. The molecule has 0 bridgehead atoms. The zero-order valence-electron chi connectivity index (χ0n) is 23.8. The van der Waals surface area contributed by atoms with Crippen LogP contribution in [0.5, 0.6) is 11.5 Å². The van der Waals surface area contributed by atoms with Crippen molar-refractivity contribution in [2.24, 2.45) is 0 Å². The second kappa shape index (κ2) is 12.1. The van der Waals surface area contributed by atoms with Crippen LogP contribution in [0.4, 0.5) is 0 Å². The minimum atomic E-state index is -3.92. The zero-order valence-corrected chi connectivity index (χ0v) is 25.4. The molecule has 0 radical (unpaired) electrons. The average Bonchev–Trinajstić information content (AvgIpc) is 3.79. The molecule has 2 heterocycles. The summed E-state index contributed by atoms with van der Waals surface area (Å²) in [6.07, 6.45) is 5.81. The van der Waals surface area contributed by atoms with Crippen molar-refractivity contribution in [3.05, 3.63) is 79.0 Å². The highest BCUT2D eigenvalue weighted by atomic mass is 32.2. The number of rotatable bonds is 10. The summed E-state index contributed by atoms with van der Waals surface area (Å²) in [5.41, 5.74) is 1.64. The number of nitrogens with zero attached hydrogens (tertiary/aromatic N) is 4. The van der Waals surface area contributed by atoms with Gasteiger partial charge < -0.3 is 14.8 Å². The number of amides is 1. The van der Waals surface area contributed by atoms with E-state index in [0.29, 0.717) is 44.6 Å². The molecule has 0 aliphatic heterocycles. The molecule has 1 saturated carbocycles. The molecule has 10 nitrogen and oxygen atoms in total. The summed E-state index contributed by atoms with van der Waals surface area (Å²) < 4.78 is 41.9. The molecule has 12 heteroatoms. The van der Waals surface area contributed by atoms with Crippen molar-refractivity contribution in [2.45, 2.75) is 41.8 Å². The standard InChI is InChI=1S/C31H31N5O5S2/c1-40-22-16-17-28(41-2)27(18-22)36-30(33-34-31(36)42-20-29(37)32-21-10-6-7-11-21)25-19-35(26-15-9-8-14-24(25)26)43(38,39)23-12-4-3-5-13-23/h3-5,8-9,12-19,21H,6-7,10-11,20H2,1-2H3,(H,32,37). The van der Waals surface area contributed by atoms with E-state index in [1.165, 1.54) is 15.7 Å². The first-order valence-corrected chi connectivity index (χ1v) is 16.3. The van der Waals surface area contributed by atoms with E-state index in [9.17, 15) is 13.2 Å². The first-order valence-electron chi connectivity index (χ1n) is 13.9. The van der Waals surface area contributed by atoms with Crippen molar-refractivity contribution >= 4 is 38.6 Å². The molecule has 6 rings (SSSR count). The molecule has 1 aliphatic rings. The highest BCUT2D eigenvalue weighted by Crippen LogP contribution is 2.38. The molecule has 0 spiro atoms. The number of carbonyl (C=O) groups excluding carboxylic acids is 1. The summed E-state index contributed by atoms with van der Waals surface area (Å²) in [6, 6.07) is 21.1. The number of hydrogen-bond acceptors (Lipinski definition) is 8. The first kappa shape index (κ1) is 28.8. The SMILES string of the molecule is COc1ccc(OC)c(-n2c(SCC(=O)NC3CCCC3)nnc2-c2cn(S(=O)(=O)c3ccccc3)c3ccccc23)c1. The van der Waals surface area contributed by atoms with Gasteiger partial charge in [0.2, 0.25) is 5.91 Å². The lowest BCUT2D eigenvalue weighted by atomic mass is 10.1. The summed E-state index contributed by atoms with van der Waals surface area (Å²) in [5, 5.41) is 13.3. The molecule has 0 atom stereocenters. The van der Waals surface area contributed by atoms with E-state index in [1.54, 1.807) is 85.6 Å². The van der Waals surface area contributed by atoms with Crippen molar-refractivity contribution in [3.8, 4) is 28.6 Å². The average molecular weight is 618 g/mol. The molecule has 1 N–H and O–H groups in total.